The summed E-state index contributed by atoms with van der Waals surface area (Å²) in [6.45, 7) is 2.45. The average molecular weight is 428 g/mol. The van der Waals surface area contributed by atoms with E-state index in [1.165, 1.54) is 21.9 Å². The highest BCUT2D eigenvalue weighted by atomic mass is 16.5. The van der Waals surface area contributed by atoms with Gasteiger partial charge in [0.15, 0.2) is 5.78 Å². The Morgan fingerprint density at radius 2 is 1.97 bits per heavy atom. The number of benzene rings is 1. The first kappa shape index (κ1) is 19.2. The quantitative estimate of drug-likeness (QED) is 0.695. The van der Waals surface area contributed by atoms with Gasteiger partial charge in [-0.2, -0.15) is 0 Å². The SMILES string of the molecule is C[C@]12CC=C3C=C4CCC(=O)C(O)[C@]45CC[C@]3(O5)[C@@H]1CC[C@@H]2c1ccc2ccncc2c1. The molecule has 6 atom stereocenters. The Morgan fingerprint density at radius 1 is 1.09 bits per heavy atom. The van der Waals surface area contributed by atoms with Crippen LogP contribution in [0.4, 0.5) is 0 Å². The van der Waals surface area contributed by atoms with E-state index in [4.69, 9.17) is 4.74 Å². The zero-order valence-corrected chi connectivity index (χ0v) is 18.5. The van der Waals surface area contributed by atoms with Crippen LogP contribution in [0.2, 0.25) is 0 Å². The van der Waals surface area contributed by atoms with Crippen LogP contribution < -0.4 is 0 Å². The number of nitrogens with zero attached hydrogens (tertiary/aromatic N) is 1. The summed E-state index contributed by atoms with van der Waals surface area (Å²) >= 11 is 0. The third kappa shape index (κ3) is 2.20. The highest BCUT2D eigenvalue weighted by Crippen LogP contribution is 2.69. The standard InChI is InChI=1S/C28H29NO3/c1-26-10-8-21-15-20-4-6-23(30)25(31)28(20)12-11-27(21,32-28)24(26)7-5-22(26)18-3-2-17-9-13-29-16-19(17)14-18/h2-3,8-9,13-16,22,24-25,31H,4-7,10-12H2,1H3/t22-,24-,25?,26-,27-,28+/m1/s1. The van der Waals surface area contributed by atoms with Crippen LogP contribution >= 0.6 is 0 Å². The number of ether oxygens (including phenoxy) is 1. The molecule has 2 spiro atoms. The number of rotatable bonds is 1. The van der Waals surface area contributed by atoms with Gasteiger partial charge in [0.1, 0.15) is 11.7 Å². The molecule has 1 N–H and O–H groups in total. The van der Waals surface area contributed by atoms with Crippen molar-refractivity contribution in [1.29, 1.82) is 0 Å². The first-order valence-electron chi connectivity index (χ1n) is 12.1. The second-order valence-electron chi connectivity index (χ2n) is 11.0. The smallest absolute Gasteiger partial charge is 0.164 e. The number of aliphatic hydroxyl groups is 1. The molecule has 4 nitrogen and oxygen atoms in total. The van der Waals surface area contributed by atoms with E-state index in [0.717, 1.165) is 44.1 Å². The van der Waals surface area contributed by atoms with Crippen molar-refractivity contribution in [2.45, 2.75) is 75.1 Å². The number of allylic oxidation sites excluding steroid dienone is 1. The molecule has 32 heavy (non-hydrogen) atoms. The second kappa shape index (κ2) is 6.18. The molecule has 0 amide bonds. The first-order chi connectivity index (χ1) is 15.5. The van der Waals surface area contributed by atoms with Crippen molar-refractivity contribution >= 4 is 16.6 Å². The summed E-state index contributed by atoms with van der Waals surface area (Å²) in [7, 11) is 0. The Balaban J connectivity index is 1.32. The van der Waals surface area contributed by atoms with Crippen molar-refractivity contribution in [1.82, 2.24) is 4.98 Å². The monoisotopic (exact) mass is 427 g/mol. The van der Waals surface area contributed by atoms with Crippen LogP contribution in [-0.2, 0) is 9.53 Å². The molecule has 3 aliphatic carbocycles. The lowest BCUT2D eigenvalue weighted by molar-refractivity contribution is -0.177. The lowest BCUT2D eigenvalue weighted by atomic mass is 9.58. The summed E-state index contributed by atoms with van der Waals surface area (Å²) in [6, 6.07) is 8.93. The normalized spacial score (nSPS) is 42.2. The van der Waals surface area contributed by atoms with Gasteiger partial charge >= 0.3 is 0 Å². The summed E-state index contributed by atoms with van der Waals surface area (Å²) in [5.74, 6) is 0.804. The summed E-state index contributed by atoms with van der Waals surface area (Å²) < 4.78 is 6.98. The maximum atomic E-state index is 12.4. The van der Waals surface area contributed by atoms with E-state index >= 15 is 0 Å². The van der Waals surface area contributed by atoms with E-state index < -0.39 is 11.7 Å². The molecule has 1 aromatic heterocycles. The molecule has 3 fully saturated rings. The minimum Gasteiger partial charge on any atom is -0.382 e. The van der Waals surface area contributed by atoms with Gasteiger partial charge in [-0.15, -0.1) is 0 Å². The van der Waals surface area contributed by atoms with Gasteiger partial charge in [-0.3, -0.25) is 9.78 Å². The van der Waals surface area contributed by atoms with Crippen LogP contribution in [0.25, 0.3) is 10.8 Å². The molecule has 1 aromatic carbocycles. The molecule has 2 aromatic rings. The Morgan fingerprint density at radius 3 is 2.88 bits per heavy atom. The van der Waals surface area contributed by atoms with Gasteiger partial charge in [-0.05, 0) is 90.0 Å². The number of pyridine rings is 1. The van der Waals surface area contributed by atoms with E-state index in [1.54, 1.807) is 0 Å². The number of Topliss-reactive ketones (excluding diaryl/α,β-unsaturated/α-hetero) is 1. The molecular formula is C28H29NO3. The number of aromatic nitrogens is 1. The molecule has 0 radical (unpaired) electrons. The largest absolute Gasteiger partial charge is 0.382 e. The van der Waals surface area contributed by atoms with E-state index in [9.17, 15) is 9.90 Å². The fraction of sp³-hybridized carbons (Fsp3) is 0.500. The van der Waals surface area contributed by atoms with Crippen LogP contribution in [0.15, 0.2) is 60.0 Å². The van der Waals surface area contributed by atoms with Crippen LogP contribution in [0.3, 0.4) is 0 Å². The van der Waals surface area contributed by atoms with Crippen LogP contribution in [0.5, 0.6) is 0 Å². The fourth-order valence-corrected chi connectivity index (χ4v) is 8.13. The lowest BCUT2D eigenvalue weighted by Crippen LogP contribution is -2.58. The molecule has 3 heterocycles. The van der Waals surface area contributed by atoms with Crippen LogP contribution in [0.1, 0.15) is 63.4 Å². The van der Waals surface area contributed by atoms with Gasteiger partial charge in [-0.25, -0.2) is 0 Å². The predicted octanol–water partition coefficient (Wildman–Crippen LogP) is 5.02. The van der Waals surface area contributed by atoms with E-state index in [2.05, 4.69) is 48.3 Å². The molecule has 2 bridgehead atoms. The fourth-order valence-electron chi connectivity index (χ4n) is 8.13. The van der Waals surface area contributed by atoms with Crippen molar-refractivity contribution in [2.75, 3.05) is 0 Å². The number of ketones is 1. The van der Waals surface area contributed by atoms with Gasteiger partial charge in [0.05, 0.1) is 5.60 Å². The zero-order valence-electron chi connectivity index (χ0n) is 18.5. The van der Waals surface area contributed by atoms with Gasteiger partial charge < -0.3 is 9.84 Å². The summed E-state index contributed by atoms with van der Waals surface area (Å²) in [6.07, 6.45) is 13.6. The second-order valence-corrected chi connectivity index (χ2v) is 11.0. The summed E-state index contributed by atoms with van der Waals surface area (Å²) in [4.78, 5) is 16.8. The average Bonchev–Trinajstić information content (AvgIpc) is 3.33. The highest BCUT2D eigenvalue weighted by molar-refractivity contribution is 5.87. The minimum absolute atomic E-state index is 0.0562. The number of carbonyl (C=O) groups is 1. The molecule has 164 valence electrons. The molecule has 7 rings (SSSR count). The molecule has 4 heteroatoms. The third-order valence-corrected chi connectivity index (χ3v) is 9.71. The Labute approximate surface area is 188 Å². The van der Waals surface area contributed by atoms with Crippen molar-refractivity contribution in [3.63, 3.8) is 0 Å². The van der Waals surface area contributed by atoms with Crippen molar-refractivity contribution in [2.24, 2.45) is 11.3 Å². The maximum absolute atomic E-state index is 12.4. The van der Waals surface area contributed by atoms with Gasteiger partial charge in [0.2, 0.25) is 0 Å². The summed E-state index contributed by atoms with van der Waals surface area (Å²) in [5.41, 5.74) is 2.81. The third-order valence-electron chi connectivity index (χ3n) is 9.71. The molecule has 1 saturated heterocycles. The molecule has 5 aliphatic rings. The van der Waals surface area contributed by atoms with Crippen LogP contribution in [0, 0.1) is 11.3 Å². The maximum Gasteiger partial charge on any atom is 0.164 e. The minimum atomic E-state index is -1.01. The van der Waals surface area contributed by atoms with Crippen molar-refractivity contribution in [3.8, 4) is 0 Å². The Bertz CT molecular complexity index is 1230. The Kier molecular flexibility index (Phi) is 3.71. The van der Waals surface area contributed by atoms with Crippen molar-refractivity contribution in [3.05, 3.63) is 65.5 Å². The lowest BCUT2D eigenvalue weighted by Gasteiger charge is -2.54. The molecular weight excluding hydrogens is 398 g/mol. The zero-order chi connectivity index (χ0) is 21.7. The van der Waals surface area contributed by atoms with E-state index in [1.807, 2.05) is 12.4 Å². The number of aliphatic hydroxyl groups excluding tert-OH is 1. The van der Waals surface area contributed by atoms with Gasteiger partial charge in [0.25, 0.3) is 0 Å². The predicted molar refractivity (Wildman–Crippen MR) is 122 cm³/mol. The number of hydrogen-bond acceptors (Lipinski definition) is 4. The van der Waals surface area contributed by atoms with E-state index in [0.29, 0.717) is 18.3 Å². The molecule has 1 unspecified atom stereocenters. The van der Waals surface area contributed by atoms with Crippen LogP contribution in [-0.4, -0.2) is 33.2 Å². The number of fused-ring (bicyclic) bond motifs is 2. The molecule has 2 saturated carbocycles. The summed E-state index contributed by atoms with van der Waals surface area (Å²) in [5, 5.41) is 13.4. The highest BCUT2D eigenvalue weighted by Gasteiger charge is 2.68. The van der Waals surface area contributed by atoms with E-state index in [-0.39, 0.29) is 16.8 Å². The van der Waals surface area contributed by atoms with Gasteiger partial charge in [0, 0.05) is 24.2 Å². The topological polar surface area (TPSA) is 59.4 Å². The Hall–Kier alpha value is -2.30. The number of hydrogen-bond donors (Lipinski definition) is 1. The van der Waals surface area contributed by atoms with Crippen molar-refractivity contribution < 1.29 is 14.6 Å². The molecule has 2 aliphatic heterocycles. The number of carbonyl (C=O) groups excluding carboxylic acids is 1. The van der Waals surface area contributed by atoms with Gasteiger partial charge in [-0.1, -0.05) is 31.2 Å². The first-order valence-corrected chi connectivity index (χ1v) is 12.1.